The van der Waals surface area contributed by atoms with E-state index in [0.717, 1.165) is 36.4 Å². The van der Waals surface area contributed by atoms with Gasteiger partial charge >= 0.3 is 0 Å². The number of hydrogen-bond donors (Lipinski definition) is 1. The van der Waals surface area contributed by atoms with Crippen LogP contribution in [0.2, 0.25) is 0 Å². The highest BCUT2D eigenvalue weighted by atomic mass is 79.9. The monoisotopic (exact) mass is 342 g/mol. The molecule has 2 heterocycles. The van der Waals surface area contributed by atoms with Crippen molar-refractivity contribution in [2.24, 2.45) is 0 Å². The van der Waals surface area contributed by atoms with Crippen molar-refractivity contribution < 1.29 is 4.42 Å². The average Bonchev–Trinajstić information content (AvgIpc) is 2.96. The third-order valence-electron chi connectivity index (χ3n) is 2.86. The van der Waals surface area contributed by atoms with E-state index in [1.807, 2.05) is 0 Å². The predicted octanol–water partition coefficient (Wildman–Crippen LogP) is 3.85. The molecule has 0 fully saturated rings. The van der Waals surface area contributed by atoms with Crippen LogP contribution in [0.1, 0.15) is 23.1 Å². The van der Waals surface area contributed by atoms with Crippen LogP contribution in [0, 0.1) is 0 Å². The molecule has 5 heteroatoms. The van der Waals surface area contributed by atoms with Gasteiger partial charge in [0, 0.05) is 33.4 Å². The molecule has 0 saturated heterocycles. The number of thiophene rings is 1. The maximum atomic E-state index is 5.53. The van der Waals surface area contributed by atoms with Crippen LogP contribution in [-0.4, -0.2) is 18.5 Å². The van der Waals surface area contributed by atoms with E-state index in [2.05, 4.69) is 57.6 Å². The van der Waals surface area contributed by atoms with Crippen LogP contribution in [0.5, 0.6) is 0 Å². The third kappa shape index (κ3) is 4.45. The van der Waals surface area contributed by atoms with E-state index in [0.29, 0.717) is 0 Å². The first kappa shape index (κ1) is 14.8. The number of halogens is 1. The summed E-state index contributed by atoms with van der Waals surface area (Å²) in [4.78, 5) is 3.67. The maximum Gasteiger partial charge on any atom is 0.122 e. The minimum Gasteiger partial charge on any atom is -0.468 e. The summed E-state index contributed by atoms with van der Waals surface area (Å²) in [6.45, 7) is 5.73. The van der Waals surface area contributed by atoms with E-state index in [4.69, 9.17) is 4.42 Å². The number of rotatable bonds is 7. The van der Waals surface area contributed by atoms with Gasteiger partial charge in [-0.1, -0.05) is 6.92 Å². The lowest BCUT2D eigenvalue weighted by atomic mass is 10.2. The molecule has 0 saturated carbocycles. The number of nitrogens with zero attached hydrogens (tertiary/aromatic N) is 1. The fraction of sp³-hybridized carbons (Fsp3) is 0.429. The minimum atomic E-state index is 0.803. The molecule has 0 aliphatic rings. The molecule has 2 aromatic heterocycles. The molecule has 19 heavy (non-hydrogen) atoms. The average molecular weight is 343 g/mol. The van der Waals surface area contributed by atoms with Crippen LogP contribution in [0.15, 0.2) is 32.7 Å². The first-order valence-electron chi connectivity index (χ1n) is 6.36. The highest BCUT2D eigenvalue weighted by molar-refractivity contribution is 9.10. The highest BCUT2D eigenvalue weighted by Crippen LogP contribution is 2.22. The second-order valence-electron chi connectivity index (χ2n) is 4.55. The van der Waals surface area contributed by atoms with Crippen LogP contribution < -0.4 is 5.32 Å². The Labute approximate surface area is 126 Å². The second-order valence-corrected chi connectivity index (χ2v) is 6.46. The van der Waals surface area contributed by atoms with Crippen molar-refractivity contribution in [1.82, 2.24) is 10.2 Å². The summed E-state index contributed by atoms with van der Waals surface area (Å²) in [6, 6.07) is 4.24. The molecule has 0 atom stereocenters. The zero-order valence-electron chi connectivity index (χ0n) is 11.3. The Morgan fingerprint density at radius 1 is 1.42 bits per heavy atom. The van der Waals surface area contributed by atoms with Gasteiger partial charge in [0.2, 0.25) is 0 Å². The fourth-order valence-corrected chi connectivity index (χ4v) is 3.48. The molecule has 2 aromatic rings. The van der Waals surface area contributed by atoms with Crippen molar-refractivity contribution in [2.45, 2.75) is 26.6 Å². The van der Waals surface area contributed by atoms with E-state index in [1.54, 1.807) is 17.6 Å². The second kappa shape index (κ2) is 7.24. The summed E-state index contributed by atoms with van der Waals surface area (Å²) in [5, 5.41) is 5.42. The molecule has 0 unspecified atom stereocenters. The molecule has 0 amide bonds. The Balaban J connectivity index is 1.91. The number of furan rings is 1. The molecule has 0 spiro atoms. The van der Waals surface area contributed by atoms with E-state index in [9.17, 15) is 0 Å². The van der Waals surface area contributed by atoms with Crippen LogP contribution in [0.3, 0.4) is 0 Å². The first-order chi connectivity index (χ1) is 9.19. The zero-order valence-corrected chi connectivity index (χ0v) is 13.7. The summed E-state index contributed by atoms with van der Waals surface area (Å²) in [5.74, 6) is 1.04. The Hall–Kier alpha value is -0.620. The van der Waals surface area contributed by atoms with E-state index in [1.165, 1.54) is 10.4 Å². The summed E-state index contributed by atoms with van der Waals surface area (Å²) < 4.78 is 6.69. The van der Waals surface area contributed by atoms with Gasteiger partial charge in [0.25, 0.3) is 0 Å². The molecule has 0 aliphatic heterocycles. The van der Waals surface area contributed by atoms with Crippen LogP contribution in [0.4, 0.5) is 0 Å². The number of nitrogens with one attached hydrogen (secondary N) is 1. The van der Waals surface area contributed by atoms with Gasteiger partial charge in [-0.2, -0.15) is 0 Å². The van der Waals surface area contributed by atoms with Gasteiger partial charge in [0.05, 0.1) is 12.8 Å². The van der Waals surface area contributed by atoms with E-state index >= 15 is 0 Å². The van der Waals surface area contributed by atoms with Crippen LogP contribution in [0.25, 0.3) is 0 Å². The molecule has 0 aromatic carbocycles. The first-order valence-corrected chi connectivity index (χ1v) is 8.03. The van der Waals surface area contributed by atoms with Crippen molar-refractivity contribution >= 4 is 27.3 Å². The zero-order chi connectivity index (χ0) is 13.7. The van der Waals surface area contributed by atoms with Gasteiger partial charge in [-0.05, 0) is 41.7 Å². The molecule has 0 radical (unpaired) electrons. The van der Waals surface area contributed by atoms with Crippen molar-refractivity contribution in [1.29, 1.82) is 0 Å². The summed E-state index contributed by atoms with van der Waals surface area (Å²) >= 11 is 5.28. The van der Waals surface area contributed by atoms with Gasteiger partial charge in [0.1, 0.15) is 5.76 Å². The van der Waals surface area contributed by atoms with Gasteiger partial charge in [0.15, 0.2) is 0 Å². The summed E-state index contributed by atoms with van der Waals surface area (Å²) in [5.41, 5.74) is 1.26. The molecule has 0 aliphatic carbocycles. The van der Waals surface area contributed by atoms with E-state index in [-0.39, 0.29) is 0 Å². The quantitative estimate of drug-likeness (QED) is 0.828. The number of hydrogen-bond acceptors (Lipinski definition) is 4. The van der Waals surface area contributed by atoms with Crippen molar-refractivity contribution in [3.05, 3.63) is 44.4 Å². The smallest absolute Gasteiger partial charge is 0.122 e. The Bertz CT molecular complexity index is 509. The molecule has 0 bridgehead atoms. The molecular weight excluding hydrogens is 324 g/mol. The van der Waals surface area contributed by atoms with Gasteiger partial charge in [-0.3, -0.25) is 4.90 Å². The molecule has 104 valence electrons. The Morgan fingerprint density at radius 3 is 2.95 bits per heavy atom. The largest absolute Gasteiger partial charge is 0.468 e. The standard InChI is InChI=1S/C14H19BrN2OS/c1-3-16-7-14-11(4-5-18-14)8-17(2)9-13-6-12(15)10-19-13/h4-6,10,16H,3,7-9H2,1-2H3. The van der Waals surface area contributed by atoms with Crippen LogP contribution in [-0.2, 0) is 19.6 Å². The third-order valence-corrected chi connectivity index (χ3v) is 4.54. The van der Waals surface area contributed by atoms with Gasteiger partial charge in [-0.15, -0.1) is 11.3 Å². The normalized spacial score (nSPS) is 11.4. The van der Waals surface area contributed by atoms with E-state index < -0.39 is 0 Å². The van der Waals surface area contributed by atoms with Crippen molar-refractivity contribution in [2.75, 3.05) is 13.6 Å². The predicted molar refractivity (Wildman–Crippen MR) is 83.3 cm³/mol. The molecular formula is C14H19BrN2OS. The van der Waals surface area contributed by atoms with Crippen molar-refractivity contribution in [3.63, 3.8) is 0 Å². The SMILES string of the molecule is CCNCc1occc1CN(C)Cc1cc(Br)cs1. The fourth-order valence-electron chi connectivity index (χ4n) is 1.95. The lowest BCUT2D eigenvalue weighted by Crippen LogP contribution is -2.18. The van der Waals surface area contributed by atoms with Crippen LogP contribution >= 0.6 is 27.3 Å². The summed E-state index contributed by atoms with van der Waals surface area (Å²) in [7, 11) is 2.14. The highest BCUT2D eigenvalue weighted by Gasteiger charge is 2.09. The Morgan fingerprint density at radius 2 is 2.26 bits per heavy atom. The van der Waals surface area contributed by atoms with Gasteiger partial charge in [-0.25, -0.2) is 0 Å². The summed E-state index contributed by atoms with van der Waals surface area (Å²) in [6.07, 6.45) is 1.78. The Kier molecular flexibility index (Phi) is 5.63. The molecule has 1 N–H and O–H groups in total. The van der Waals surface area contributed by atoms with Gasteiger partial charge < -0.3 is 9.73 Å². The lowest BCUT2D eigenvalue weighted by molar-refractivity contribution is 0.317. The topological polar surface area (TPSA) is 28.4 Å². The maximum absolute atomic E-state index is 5.53. The minimum absolute atomic E-state index is 0.803. The molecule has 2 rings (SSSR count). The van der Waals surface area contributed by atoms with Crippen molar-refractivity contribution in [3.8, 4) is 0 Å². The molecule has 3 nitrogen and oxygen atoms in total. The lowest BCUT2D eigenvalue weighted by Gasteiger charge is -2.15.